The number of carbonyl (C=O) groups is 5. The van der Waals surface area contributed by atoms with Crippen LogP contribution in [-0.4, -0.2) is 325 Å². The van der Waals surface area contributed by atoms with E-state index in [1.807, 2.05) is 78.2 Å². The Balaban J connectivity index is -0.000000203. The topological polar surface area (TPSA) is 249 Å². The first-order valence-corrected chi connectivity index (χ1v) is 49.8. The maximum atomic E-state index is 12.0. The number of amides is 4. The standard InChI is InChI=1S/C25H50N2O.C13H17N2O2.2C13H20NO.C12H15N2O2.C12H18N.C11H22N2O.C9H18NO2.CH4O3S.BrH.5ClH.HI/c1-6-7-8-9-10-11-12-13-14-15-16-17-18-19-22-27(4,5)23-20-21-26-25(28)24(2)3;1-2-12-3-5-14(6-4-12)11-13(16)15-7-9-17-10-8-15;2*1-4-12-5-7-13(8-6-12)11-14(2,3)9-10-15;1-2-11-3-5-13(6-4-11)12(15)14-7-9-16-10-8-14;1-5-11-7-6-8-12(9-11)10-13(2,3)4;1-7-10(14)12-11(2,3)8-9-13(4,5)6;1-8(2)9(11)12-7-6-10(3,4)5;1-5(2,3)4;;;;;;;/h2,6-23H2,1,3-5H3;2-6H,1,7-11H2;2*4-8,15H,1,9-11H2,2-3H3;2-6H,1,7-10H2;5-9H,1,10H2,2-4H3;7H,1,8-9H2,2-6H3;1,6-7H2,2-5H3;1H3,(H,2,3,4);7*1H/q;5*+1;;+1;;;;;;;;/p-6. The molecule has 2 aromatic heterocycles. The highest BCUT2D eigenvalue weighted by molar-refractivity contribution is 7.84. The minimum absolute atomic E-state index is 0. The van der Waals surface area contributed by atoms with Crippen molar-refractivity contribution in [2.24, 2.45) is 0 Å². The molecule has 0 atom stereocenters. The number of unbranched alkanes of at least 4 members (excludes halogenated alkanes) is 13. The van der Waals surface area contributed by atoms with Crippen LogP contribution in [0.4, 0.5) is 4.79 Å². The average molecular weight is 2290 g/mol. The van der Waals surface area contributed by atoms with Crippen LogP contribution in [-0.2, 0) is 69.7 Å². The third-order valence-electron chi connectivity index (χ3n) is 21.5. The fraction of sp³-hybridized carbons (Fsp3) is 0.550. The molecule has 2 saturated heterocycles. The molecule has 4 amide bonds. The van der Waals surface area contributed by atoms with E-state index < -0.39 is 10.1 Å². The highest BCUT2D eigenvalue weighted by Gasteiger charge is 2.28. The molecule has 0 spiro atoms. The number of carbonyl (C=O) groups excluding carboxylic acids is 5. The molecule has 4 N–H and O–H groups in total. The van der Waals surface area contributed by atoms with Crippen molar-refractivity contribution in [3.63, 3.8) is 0 Å². The molecule has 0 unspecified atom stereocenters. The van der Waals surface area contributed by atoms with E-state index in [0.29, 0.717) is 83.2 Å². The van der Waals surface area contributed by atoms with Gasteiger partial charge in [0.2, 0.25) is 18.4 Å². The number of rotatable bonds is 46. The van der Waals surface area contributed by atoms with Crippen LogP contribution < -0.4 is 123 Å². The molecule has 0 radical (unpaired) electrons. The number of aliphatic hydroxyl groups is 2. The SMILES string of the molecule is C=C(C)C(=O)NCCC[N+](C)(C)CCCCCCCCCCCCCCCC.C=C(C)C(=O)OCC[N+](C)(C)C.C=CC(=O)NC(C)(C)CC[N+](C)(C)C.C=Cc1cc[n+](C(=O)N2CCOCC2)cc1.C=Cc1cc[n+](CC(=O)N2CCOCC2)cc1.C=Cc1ccc(C[N+](C)(C)CCO)cc1.C=Cc1ccc(C[N+](C)(C)CCO)cc1.C=Cc1cccc(C[N+](C)(C)C)c1.CS(=O)(=O)[O-].[Br-].[Cl-].[Cl-].[Cl-].[Cl-].[Cl-].[I-]. The van der Waals surface area contributed by atoms with E-state index in [0.717, 1.165) is 121 Å². The van der Waals surface area contributed by atoms with Gasteiger partial charge in [0, 0.05) is 84.2 Å². The van der Waals surface area contributed by atoms with Gasteiger partial charge in [-0.2, -0.15) is 13.9 Å². The Kier molecular flexibility index (Phi) is 92.0. The lowest BCUT2D eigenvalue weighted by molar-refractivity contribution is -0.903. The summed E-state index contributed by atoms with van der Waals surface area (Å²) in [5.41, 5.74) is 10.4. The monoisotopic (exact) mass is 2280 g/mol. The number of halogens is 7. The Morgan fingerprint density at radius 2 is 0.859 bits per heavy atom. The van der Waals surface area contributed by atoms with Gasteiger partial charge in [-0.3, -0.25) is 14.4 Å². The minimum atomic E-state index is -3.92. The number of morpholine rings is 2. The molecule has 2 aliphatic rings. The van der Waals surface area contributed by atoms with Gasteiger partial charge in [0.15, 0.2) is 12.4 Å². The van der Waals surface area contributed by atoms with Gasteiger partial charge in [0.25, 0.3) is 5.91 Å². The van der Waals surface area contributed by atoms with E-state index in [-0.39, 0.29) is 151 Å². The van der Waals surface area contributed by atoms with Crippen molar-refractivity contribution in [1.29, 1.82) is 0 Å². The van der Waals surface area contributed by atoms with Gasteiger partial charge in [-0.25, -0.2) is 18.1 Å². The summed E-state index contributed by atoms with van der Waals surface area (Å²) in [6.45, 7) is 55.0. The average Bonchev–Trinajstić information content (AvgIpc) is 0.853. The van der Waals surface area contributed by atoms with Gasteiger partial charge >= 0.3 is 12.0 Å². The quantitative estimate of drug-likeness (QED) is 0.00541. The van der Waals surface area contributed by atoms with E-state index in [2.05, 4.69) is 249 Å². The molecular weight excluding hydrogens is 2100 g/mol. The van der Waals surface area contributed by atoms with Crippen LogP contribution in [0.15, 0.2) is 192 Å². The van der Waals surface area contributed by atoms with E-state index in [9.17, 15) is 24.0 Å². The molecule has 25 nitrogen and oxygen atoms in total. The fourth-order valence-electron chi connectivity index (χ4n) is 13.3. The second kappa shape index (κ2) is 85.3. The highest BCUT2D eigenvalue weighted by atomic mass is 127. The van der Waals surface area contributed by atoms with Crippen LogP contribution in [0.2, 0.25) is 0 Å². The maximum absolute atomic E-state index is 12.0. The Labute approximate surface area is 919 Å². The minimum Gasteiger partial charge on any atom is -1.00 e. The van der Waals surface area contributed by atoms with Gasteiger partial charge in [-0.15, -0.1) is 0 Å². The summed E-state index contributed by atoms with van der Waals surface area (Å²) in [4.78, 5) is 61.1. The first-order valence-electron chi connectivity index (χ1n) is 48.0. The number of aromatic nitrogens is 2. The molecule has 33 heteroatoms. The van der Waals surface area contributed by atoms with Crippen molar-refractivity contribution in [3.05, 3.63) is 236 Å². The van der Waals surface area contributed by atoms with Crippen molar-refractivity contribution >= 4 is 70.2 Å². The number of pyridine rings is 2. The summed E-state index contributed by atoms with van der Waals surface area (Å²) >= 11 is 0. The molecule has 4 heterocycles. The number of hydrogen-bond acceptors (Lipinski definition) is 13. The summed E-state index contributed by atoms with van der Waals surface area (Å²) in [6, 6.07) is 32.9. The predicted molar refractivity (Wildman–Crippen MR) is 560 cm³/mol. The molecule has 0 saturated carbocycles. The van der Waals surface area contributed by atoms with E-state index >= 15 is 0 Å². The Morgan fingerprint density at radius 3 is 1.22 bits per heavy atom. The fourth-order valence-corrected chi connectivity index (χ4v) is 13.3. The Bertz CT molecular complexity index is 4280. The molecule has 142 heavy (non-hydrogen) atoms. The summed E-state index contributed by atoms with van der Waals surface area (Å²) in [5, 5.41) is 23.7. The van der Waals surface area contributed by atoms with Crippen LogP contribution in [0.5, 0.6) is 0 Å². The zero-order valence-electron chi connectivity index (χ0n) is 90.4. The normalized spacial score (nSPS) is 11.9. The molecular formula is C109H185BrCl5IN12O13S. The number of quaternary nitrogens is 6. The van der Waals surface area contributed by atoms with Crippen molar-refractivity contribution in [2.75, 3.05) is 230 Å². The van der Waals surface area contributed by atoms with Crippen molar-refractivity contribution in [3.8, 4) is 0 Å². The number of nitrogens with one attached hydrogen (secondary N) is 2. The van der Waals surface area contributed by atoms with Crippen molar-refractivity contribution in [2.45, 2.75) is 169 Å². The maximum Gasteiger partial charge on any atom is 0.498 e. The van der Waals surface area contributed by atoms with Crippen molar-refractivity contribution in [1.82, 2.24) is 20.4 Å². The molecule has 0 bridgehead atoms. The van der Waals surface area contributed by atoms with Crippen LogP contribution in [0.3, 0.4) is 0 Å². The number of esters is 1. The van der Waals surface area contributed by atoms with Crippen LogP contribution >= 0.6 is 0 Å². The molecule has 2 fully saturated rings. The molecule has 2 aliphatic heterocycles. The summed E-state index contributed by atoms with van der Waals surface area (Å²) in [5.74, 6) is -0.276. The number of hydrogen-bond donors (Lipinski definition) is 4. The predicted octanol–water partition coefficient (Wildman–Crippen LogP) is -5.48. The first kappa shape index (κ1) is 153. The Hall–Kier alpha value is -6.60. The number of nitrogens with zero attached hydrogens (tertiary/aromatic N) is 10. The summed E-state index contributed by atoms with van der Waals surface area (Å²) in [6.07, 6.45) is 40.2. The Morgan fingerprint density at radius 1 is 0.486 bits per heavy atom. The van der Waals surface area contributed by atoms with Gasteiger partial charge < -0.3 is 174 Å². The zero-order chi connectivity index (χ0) is 103. The van der Waals surface area contributed by atoms with Crippen molar-refractivity contribution < 1.29 is 200 Å². The smallest absolute Gasteiger partial charge is 0.498 e. The molecule has 5 aromatic rings. The van der Waals surface area contributed by atoms with Gasteiger partial charge in [-0.1, -0.05) is 234 Å². The van der Waals surface area contributed by atoms with E-state index in [1.54, 1.807) is 47.9 Å². The van der Waals surface area contributed by atoms with Crippen LogP contribution in [0.1, 0.15) is 182 Å². The third kappa shape index (κ3) is 88.7. The number of benzene rings is 3. The molecule has 7 rings (SSSR count). The summed E-state index contributed by atoms with van der Waals surface area (Å²) < 4.78 is 51.4. The first-order chi connectivity index (χ1) is 63.1. The second-order valence-corrected chi connectivity index (χ2v) is 41.7. The van der Waals surface area contributed by atoms with Gasteiger partial charge in [0.05, 0.1) is 188 Å². The van der Waals surface area contributed by atoms with Crippen LogP contribution in [0, 0.1) is 0 Å². The van der Waals surface area contributed by atoms with Gasteiger partial charge in [0.1, 0.15) is 59.0 Å². The molecule has 3 aromatic carbocycles. The van der Waals surface area contributed by atoms with E-state index in [1.165, 1.54) is 125 Å². The second-order valence-electron chi connectivity index (χ2n) is 40.3. The van der Waals surface area contributed by atoms with Gasteiger partial charge in [-0.05, 0) is 92.6 Å². The van der Waals surface area contributed by atoms with Crippen LogP contribution in [0.25, 0.3) is 30.4 Å². The zero-order valence-corrected chi connectivity index (χ0v) is 98.8. The molecule has 814 valence electrons. The summed E-state index contributed by atoms with van der Waals surface area (Å²) in [7, 11) is 28.4. The number of likely N-dealkylation sites (N-methyl/N-ethyl adjacent to an activating group) is 3. The van der Waals surface area contributed by atoms with E-state index in [4.69, 9.17) is 37.4 Å². The largest absolute Gasteiger partial charge is 1.00 e. The lowest BCUT2D eigenvalue weighted by Gasteiger charge is -2.31. The number of ether oxygens (including phenoxy) is 3. The third-order valence-corrected chi connectivity index (χ3v) is 21.5. The lowest BCUT2D eigenvalue weighted by Crippen LogP contribution is -3.00. The lowest BCUT2D eigenvalue weighted by atomic mass is 10.00. The molecule has 0 aliphatic carbocycles. The number of aliphatic hydroxyl groups excluding tert-OH is 2. The highest BCUT2D eigenvalue weighted by Crippen LogP contribution is 2.18.